The van der Waals surface area contributed by atoms with Gasteiger partial charge in [-0.1, -0.05) is 42.5 Å². The third kappa shape index (κ3) is 3.04. The molecule has 0 amide bonds. The summed E-state index contributed by atoms with van der Waals surface area (Å²) >= 11 is 0. The lowest BCUT2D eigenvalue weighted by Gasteiger charge is -2.42. The van der Waals surface area contributed by atoms with Crippen LogP contribution in [0.25, 0.3) is 0 Å². The number of rotatable bonds is 3. The van der Waals surface area contributed by atoms with Gasteiger partial charge in [0, 0.05) is 12.6 Å². The number of benzene rings is 2. The highest BCUT2D eigenvalue weighted by Gasteiger charge is 2.35. The number of ether oxygens (including phenoxy) is 1. The first-order chi connectivity index (χ1) is 10.7. The molecule has 2 aromatic carbocycles. The molecule has 4 heteroatoms. The molecule has 0 aromatic heterocycles. The second-order valence-electron chi connectivity index (χ2n) is 5.58. The van der Waals surface area contributed by atoms with Crippen LogP contribution in [0.2, 0.25) is 0 Å². The van der Waals surface area contributed by atoms with Gasteiger partial charge in [0.2, 0.25) is 0 Å². The summed E-state index contributed by atoms with van der Waals surface area (Å²) in [7, 11) is 0. The van der Waals surface area contributed by atoms with Crippen LogP contribution in [0, 0.1) is 5.82 Å². The number of aliphatic hydroxyl groups excluding tert-OH is 1. The van der Waals surface area contributed by atoms with Crippen molar-refractivity contribution in [3.8, 4) is 0 Å². The van der Waals surface area contributed by atoms with Gasteiger partial charge in [-0.25, -0.2) is 4.39 Å². The lowest BCUT2D eigenvalue weighted by atomic mass is 9.98. The molecule has 3 atom stereocenters. The highest BCUT2D eigenvalue weighted by molar-refractivity contribution is 5.24. The highest BCUT2D eigenvalue weighted by atomic mass is 19.1. The Labute approximate surface area is 130 Å². The standard InChI is InChI=1S/C18H20FNO2/c1-13(14-5-3-2-4-6-14)20-11-12-22-18(21)17(20)15-7-9-16(19)10-8-15/h2-10,13,17-18,21H,11-12H2,1H3/t13-,17-,18?/m1/s1. The van der Waals surface area contributed by atoms with Gasteiger partial charge in [0.1, 0.15) is 5.82 Å². The molecular formula is C18H20FNO2. The van der Waals surface area contributed by atoms with Crippen LogP contribution in [0.1, 0.15) is 30.1 Å². The molecule has 0 radical (unpaired) electrons. The maximum absolute atomic E-state index is 13.2. The van der Waals surface area contributed by atoms with Crippen molar-refractivity contribution in [2.75, 3.05) is 13.2 Å². The molecule has 1 unspecified atom stereocenters. The summed E-state index contributed by atoms with van der Waals surface area (Å²) < 4.78 is 18.6. The first-order valence-electron chi connectivity index (χ1n) is 7.52. The van der Waals surface area contributed by atoms with Crippen molar-refractivity contribution in [1.29, 1.82) is 0 Å². The summed E-state index contributed by atoms with van der Waals surface area (Å²) in [6, 6.07) is 16.3. The Bertz CT molecular complexity index is 602. The first kappa shape index (κ1) is 15.2. The number of hydrogen-bond acceptors (Lipinski definition) is 3. The fourth-order valence-corrected chi connectivity index (χ4v) is 3.05. The van der Waals surface area contributed by atoms with Gasteiger partial charge in [-0.3, -0.25) is 4.90 Å². The molecule has 1 heterocycles. The molecule has 116 valence electrons. The van der Waals surface area contributed by atoms with E-state index in [4.69, 9.17) is 4.74 Å². The Balaban J connectivity index is 1.91. The lowest BCUT2D eigenvalue weighted by Crippen LogP contribution is -2.46. The zero-order valence-electron chi connectivity index (χ0n) is 12.5. The van der Waals surface area contributed by atoms with Crippen molar-refractivity contribution in [1.82, 2.24) is 4.90 Å². The van der Waals surface area contributed by atoms with Crippen LogP contribution < -0.4 is 0 Å². The lowest BCUT2D eigenvalue weighted by molar-refractivity contribution is -0.189. The fourth-order valence-electron chi connectivity index (χ4n) is 3.05. The van der Waals surface area contributed by atoms with Crippen molar-refractivity contribution in [2.24, 2.45) is 0 Å². The van der Waals surface area contributed by atoms with E-state index in [1.165, 1.54) is 17.7 Å². The smallest absolute Gasteiger partial charge is 0.174 e. The Morgan fingerprint density at radius 2 is 1.82 bits per heavy atom. The summed E-state index contributed by atoms with van der Waals surface area (Å²) in [5.74, 6) is -0.280. The zero-order valence-corrected chi connectivity index (χ0v) is 12.5. The topological polar surface area (TPSA) is 32.7 Å². The predicted molar refractivity (Wildman–Crippen MR) is 82.7 cm³/mol. The normalized spacial score (nSPS) is 24.1. The van der Waals surface area contributed by atoms with Crippen LogP contribution in [0.5, 0.6) is 0 Å². The molecular weight excluding hydrogens is 281 g/mol. The quantitative estimate of drug-likeness (QED) is 0.944. The minimum atomic E-state index is -0.912. The summed E-state index contributed by atoms with van der Waals surface area (Å²) in [4.78, 5) is 2.21. The van der Waals surface area contributed by atoms with E-state index >= 15 is 0 Å². The number of hydrogen-bond donors (Lipinski definition) is 1. The number of nitrogens with zero attached hydrogens (tertiary/aromatic N) is 1. The van der Waals surface area contributed by atoms with E-state index in [-0.39, 0.29) is 17.9 Å². The van der Waals surface area contributed by atoms with Gasteiger partial charge < -0.3 is 9.84 Å². The fraction of sp³-hybridized carbons (Fsp3) is 0.333. The molecule has 0 saturated carbocycles. The van der Waals surface area contributed by atoms with Crippen molar-refractivity contribution in [3.05, 3.63) is 71.5 Å². The third-order valence-electron chi connectivity index (χ3n) is 4.26. The largest absolute Gasteiger partial charge is 0.366 e. The zero-order chi connectivity index (χ0) is 15.5. The van der Waals surface area contributed by atoms with Gasteiger partial charge in [0.15, 0.2) is 6.29 Å². The Morgan fingerprint density at radius 3 is 2.50 bits per heavy atom. The van der Waals surface area contributed by atoms with E-state index in [1.54, 1.807) is 12.1 Å². The first-order valence-corrected chi connectivity index (χ1v) is 7.52. The summed E-state index contributed by atoms with van der Waals surface area (Å²) in [5.41, 5.74) is 2.04. The van der Waals surface area contributed by atoms with Crippen LogP contribution in [0.4, 0.5) is 4.39 Å². The van der Waals surface area contributed by atoms with Crippen LogP contribution in [0.3, 0.4) is 0 Å². The number of morpholine rings is 1. The van der Waals surface area contributed by atoms with Gasteiger partial charge >= 0.3 is 0 Å². The van der Waals surface area contributed by atoms with Crippen molar-refractivity contribution >= 4 is 0 Å². The maximum Gasteiger partial charge on any atom is 0.174 e. The molecule has 1 aliphatic heterocycles. The Hall–Kier alpha value is -1.75. The van der Waals surface area contributed by atoms with Gasteiger partial charge in [0.05, 0.1) is 12.6 Å². The van der Waals surface area contributed by atoms with E-state index in [0.29, 0.717) is 6.61 Å². The molecule has 1 saturated heterocycles. The molecule has 2 aromatic rings. The molecule has 22 heavy (non-hydrogen) atoms. The molecule has 0 bridgehead atoms. The number of aliphatic hydroxyl groups is 1. The van der Waals surface area contributed by atoms with Crippen molar-refractivity contribution in [2.45, 2.75) is 25.3 Å². The van der Waals surface area contributed by atoms with E-state index < -0.39 is 6.29 Å². The SMILES string of the molecule is C[C@H](c1ccccc1)N1CCOC(O)[C@H]1c1ccc(F)cc1. The molecule has 1 aliphatic rings. The minimum absolute atomic E-state index is 0.134. The Kier molecular flexibility index (Phi) is 4.52. The summed E-state index contributed by atoms with van der Waals surface area (Å²) in [5, 5.41) is 10.3. The van der Waals surface area contributed by atoms with E-state index in [1.807, 2.05) is 18.2 Å². The average Bonchev–Trinajstić information content (AvgIpc) is 2.56. The molecule has 3 rings (SSSR count). The van der Waals surface area contributed by atoms with Gasteiger partial charge in [0.25, 0.3) is 0 Å². The van der Waals surface area contributed by atoms with Crippen molar-refractivity contribution < 1.29 is 14.2 Å². The van der Waals surface area contributed by atoms with Crippen LogP contribution in [-0.4, -0.2) is 29.4 Å². The Morgan fingerprint density at radius 1 is 1.14 bits per heavy atom. The third-order valence-corrected chi connectivity index (χ3v) is 4.26. The van der Waals surface area contributed by atoms with Crippen LogP contribution >= 0.6 is 0 Å². The van der Waals surface area contributed by atoms with Gasteiger partial charge in [-0.05, 0) is 30.2 Å². The van der Waals surface area contributed by atoms with Crippen molar-refractivity contribution in [3.63, 3.8) is 0 Å². The summed E-state index contributed by atoms with van der Waals surface area (Å²) in [6.45, 7) is 3.31. The second kappa shape index (κ2) is 6.57. The second-order valence-corrected chi connectivity index (χ2v) is 5.58. The van der Waals surface area contributed by atoms with Crippen LogP contribution in [-0.2, 0) is 4.74 Å². The highest BCUT2D eigenvalue weighted by Crippen LogP contribution is 2.35. The van der Waals surface area contributed by atoms with Gasteiger partial charge in [-0.15, -0.1) is 0 Å². The van der Waals surface area contributed by atoms with E-state index in [2.05, 4.69) is 24.0 Å². The van der Waals surface area contributed by atoms with E-state index in [0.717, 1.165) is 12.1 Å². The molecule has 0 spiro atoms. The van der Waals surface area contributed by atoms with Gasteiger partial charge in [-0.2, -0.15) is 0 Å². The minimum Gasteiger partial charge on any atom is -0.366 e. The molecule has 3 nitrogen and oxygen atoms in total. The van der Waals surface area contributed by atoms with Crippen LogP contribution in [0.15, 0.2) is 54.6 Å². The average molecular weight is 301 g/mol. The monoisotopic (exact) mass is 301 g/mol. The number of halogens is 1. The van der Waals surface area contributed by atoms with E-state index in [9.17, 15) is 9.50 Å². The molecule has 1 N–H and O–H groups in total. The predicted octanol–water partition coefficient (Wildman–Crippen LogP) is 3.28. The molecule has 1 fully saturated rings. The maximum atomic E-state index is 13.2. The summed E-state index contributed by atoms with van der Waals surface area (Å²) in [6.07, 6.45) is -0.912. The molecule has 0 aliphatic carbocycles.